The molecule has 1 amide bonds. The number of carbonyl (C=O) groups is 2. The van der Waals surface area contributed by atoms with Gasteiger partial charge < -0.3 is 14.7 Å². The van der Waals surface area contributed by atoms with Gasteiger partial charge >= 0.3 is 5.97 Å². The van der Waals surface area contributed by atoms with Crippen LogP contribution in [-0.4, -0.2) is 57.5 Å². The van der Waals surface area contributed by atoms with Crippen molar-refractivity contribution in [1.82, 2.24) is 9.62 Å². The van der Waals surface area contributed by atoms with E-state index in [4.69, 9.17) is 9.84 Å². The van der Waals surface area contributed by atoms with Crippen LogP contribution in [-0.2, 0) is 14.8 Å². The third-order valence-corrected chi connectivity index (χ3v) is 4.40. The zero-order valence-electron chi connectivity index (χ0n) is 12.5. The molecule has 0 saturated carbocycles. The third kappa shape index (κ3) is 3.95. The summed E-state index contributed by atoms with van der Waals surface area (Å²) in [7, 11) is -1.26. The summed E-state index contributed by atoms with van der Waals surface area (Å²) in [5.74, 6) is -1.63. The minimum absolute atomic E-state index is 0.0673. The maximum absolute atomic E-state index is 12.3. The van der Waals surface area contributed by atoms with Crippen molar-refractivity contribution in [2.75, 3.05) is 27.2 Å². The Bertz CT molecular complexity index is 671. The van der Waals surface area contributed by atoms with Crippen LogP contribution in [0.5, 0.6) is 5.75 Å². The molecule has 1 rings (SSSR count). The van der Waals surface area contributed by atoms with E-state index in [2.05, 4.69) is 4.72 Å². The number of hydrogen-bond acceptors (Lipinski definition) is 5. The molecule has 1 aromatic rings. The predicted molar refractivity (Wildman–Crippen MR) is 78.5 cm³/mol. The summed E-state index contributed by atoms with van der Waals surface area (Å²) in [6, 6.07) is 3.91. The monoisotopic (exact) mass is 330 g/mol. The predicted octanol–water partition coefficient (Wildman–Crippen LogP) is 0.150. The molecule has 0 radical (unpaired) electrons. The van der Waals surface area contributed by atoms with Crippen molar-refractivity contribution in [3.63, 3.8) is 0 Å². The Labute approximate surface area is 128 Å². The summed E-state index contributed by atoms with van der Waals surface area (Å²) >= 11 is 0. The summed E-state index contributed by atoms with van der Waals surface area (Å²) in [5, 5.41) is 8.80. The number of hydrogen-bond donors (Lipinski definition) is 2. The van der Waals surface area contributed by atoms with Gasteiger partial charge in [-0.1, -0.05) is 0 Å². The standard InChI is InChI=1S/C13H18N2O6S/c1-4-15(8-12(16)17)13(18)9-5-6-10(21-3)11(7-9)22(19,20)14-2/h5-7,14H,4,8H2,1-3H3,(H,16,17). The van der Waals surface area contributed by atoms with Crippen LogP contribution in [0.2, 0.25) is 0 Å². The molecule has 1 aromatic carbocycles. The van der Waals surface area contributed by atoms with Crippen LogP contribution >= 0.6 is 0 Å². The SMILES string of the molecule is CCN(CC(=O)O)C(=O)c1ccc(OC)c(S(=O)(=O)NC)c1. The Morgan fingerprint density at radius 2 is 2.00 bits per heavy atom. The normalized spacial score (nSPS) is 11.0. The van der Waals surface area contributed by atoms with Crippen LogP contribution in [0.25, 0.3) is 0 Å². The van der Waals surface area contributed by atoms with E-state index in [1.165, 1.54) is 26.3 Å². The van der Waals surface area contributed by atoms with Gasteiger partial charge in [-0.15, -0.1) is 0 Å². The van der Waals surface area contributed by atoms with Crippen LogP contribution < -0.4 is 9.46 Å². The average molecular weight is 330 g/mol. The number of methoxy groups -OCH3 is 1. The number of likely N-dealkylation sites (N-methyl/N-ethyl adjacent to an activating group) is 1. The summed E-state index contributed by atoms with van der Waals surface area (Å²) in [5.41, 5.74) is 0.0673. The topological polar surface area (TPSA) is 113 Å². The number of rotatable bonds is 7. The lowest BCUT2D eigenvalue weighted by atomic mass is 10.2. The zero-order valence-corrected chi connectivity index (χ0v) is 13.3. The molecule has 2 N–H and O–H groups in total. The van der Waals surface area contributed by atoms with E-state index >= 15 is 0 Å². The van der Waals surface area contributed by atoms with E-state index in [-0.39, 0.29) is 22.8 Å². The molecule has 0 heterocycles. The zero-order chi connectivity index (χ0) is 16.9. The first-order valence-electron chi connectivity index (χ1n) is 6.39. The first-order valence-corrected chi connectivity index (χ1v) is 7.87. The number of benzene rings is 1. The highest BCUT2D eigenvalue weighted by atomic mass is 32.2. The van der Waals surface area contributed by atoms with Crippen molar-refractivity contribution < 1.29 is 27.9 Å². The Balaban J connectivity index is 3.30. The van der Waals surface area contributed by atoms with Gasteiger partial charge in [-0.25, -0.2) is 13.1 Å². The van der Waals surface area contributed by atoms with Crippen molar-refractivity contribution in [3.8, 4) is 5.75 Å². The van der Waals surface area contributed by atoms with Crippen molar-refractivity contribution in [1.29, 1.82) is 0 Å². The molecule has 0 aliphatic heterocycles. The lowest BCUT2D eigenvalue weighted by Crippen LogP contribution is -2.35. The minimum atomic E-state index is -3.81. The highest BCUT2D eigenvalue weighted by Crippen LogP contribution is 2.25. The maximum atomic E-state index is 12.3. The number of amides is 1. The smallest absolute Gasteiger partial charge is 0.323 e. The number of carbonyl (C=O) groups excluding carboxylic acids is 1. The summed E-state index contributed by atoms with van der Waals surface area (Å²) in [6.45, 7) is 1.36. The van der Waals surface area contributed by atoms with Crippen LogP contribution in [0.1, 0.15) is 17.3 Å². The number of nitrogens with one attached hydrogen (secondary N) is 1. The molecule has 9 heteroatoms. The highest BCUT2D eigenvalue weighted by Gasteiger charge is 2.23. The van der Waals surface area contributed by atoms with E-state index in [0.29, 0.717) is 0 Å². The minimum Gasteiger partial charge on any atom is -0.495 e. The Hall–Kier alpha value is -2.13. The van der Waals surface area contributed by atoms with Crippen LogP contribution in [0.3, 0.4) is 0 Å². The Morgan fingerprint density at radius 3 is 2.45 bits per heavy atom. The van der Waals surface area contributed by atoms with E-state index < -0.39 is 28.4 Å². The molecule has 0 saturated heterocycles. The lowest BCUT2D eigenvalue weighted by Gasteiger charge is -2.19. The second kappa shape index (κ2) is 7.23. The van der Waals surface area contributed by atoms with Gasteiger partial charge in [0.2, 0.25) is 10.0 Å². The fraction of sp³-hybridized carbons (Fsp3) is 0.385. The molecule has 0 atom stereocenters. The van der Waals surface area contributed by atoms with Gasteiger partial charge in [0.1, 0.15) is 17.2 Å². The maximum Gasteiger partial charge on any atom is 0.323 e. The van der Waals surface area contributed by atoms with E-state index in [1.54, 1.807) is 6.92 Å². The molecule has 0 fully saturated rings. The van der Waals surface area contributed by atoms with Gasteiger partial charge in [-0.2, -0.15) is 0 Å². The molecule has 0 spiro atoms. The summed E-state index contributed by atoms with van der Waals surface area (Å²) in [6.07, 6.45) is 0. The molecular formula is C13H18N2O6S. The van der Waals surface area contributed by atoms with Crippen molar-refractivity contribution in [2.24, 2.45) is 0 Å². The third-order valence-electron chi connectivity index (χ3n) is 2.96. The number of sulfonamides is 1. The quantitative estimate of drug-likeness (QED) is 0.736. The van der Waals surface area contributed by atoms with E-state index in [9.17, 15) is 18.0 Å². The molecule has 0 aliphatic rings. The largest absolute Gasteiger partial charge is 0.495 e. The number of carboxylic acid groups (broad SMARTS) is 1. The first-order chi connectivity index (χ1) is 10.3. The fourth-order valence-electron chi connectivity index (χ4n) is 1.80. The lowest BCUT2D eigenvalue weighted by molar-refractivity contribution is -0.137. The molecule has 0 aromatic heterocycles. The van der Waals surface area contributed by atoms with Gasteiger partial charge in [0.05, 0.1) is 7.11 Å². The first kappa shape index (κ1) is 17.9. The molecule has 0 unspecified atom stereocenters. The molecule has 22 heavy (non-hydrogen) atoms. The van der Waals surface area contributed by atoms with Crippen molar-refractivity contribution >= 4 is 21.9 Å². The molecular weight excluding hydrogens is 312 g/mol. The Morgan fingerprint density at radius 1 is 1.36 bits per heavy atom. The second-order valence-corrected chi connectivity index (χ2v) is 6.14. The second-order valence-electron chi connectivity index (χ2n) is 4.29. The Kier molecular flexibility index (Phi) is 5.89. The van der Waals surface area contributed by atoms with E-state index in [0.717, 1.165) is 11.0 Å². The molecule has 0 aliphatic carbocycles. The fourth-order valence-corrected chi connectivity index (χ4v) is 2.72. The van der Waals surface area contributed by atoms with Gasteiger partial charge in [0, 0.05) is 12.1 Å². The van der Waals surface area contributed by atoms with Gasteiger partial charge in [-0.3, -0.25) is 9.59 Å². The number of aliphatic carboxylic acids is 1. The van der Waals surface area contributed by atoms with Crippen molar-refractivity contribution in [3.05, 3.63) is 23.8 Å². The summed E-state index contributed by atoms with van der Waals surface area (Å²) in [4.78, 5) is 24.0. The molecule has 0 bridgehead atoms. The van der Waals surface area contributed by atoms with Crippen LogP contribution in [0, 0.1) is 0 Å². The van der Waals surface area contributed by atoms with Gasteiger partial charge in [0.15, 0.2) is 0 Å². The molecule has 8 nitrogen and oxygen atoms in total. The number of ether oxygens (including phenoxy) is 1. The average Bonchev–Trinajstić information content (AvgIpc) is 2.51. The highest BCUT2D eigenvalue weighted by molar-refractivity contribution is 7.89. The number of carboxylic acids is 1. The molecule has 122 valence electrons. The number of nitrogens with zero attached hydrogens (tertiary/aromatic N) is 1. The van der Waals surface area contributed by atoms with Crippen molar-refractivity contribution in [2.45, 2.75) is 11.8 Å². The van der Waals surface area contributed by atoms with Crippen LogP contribution in [0.4, 0.5) is 0 Å². The summed E-state index contributed by atoms with van der Waals surface area (Å²) < 4.78 is 31.1. The van der Waals surface area contributed by atoms with Crippen LogP contribution in [0.15, 0.2) is 23.1 Å². The van der Waals surface area contributed by atoms with Gasteiger partial charge in [0.25, 0.3) is 5.91 Å². The van der Waals surface area contributed by atoms with E-state index in [1.807, 2.05) is 0 Å². The van der Waals surface area contributed by atoms with Gasteiger partial charge in [-0.05, 0) is 32.2 Å².